The Morgan fingerprint density at radius 1 is 1.24 bits per heavy atom. The summed E-state index contributed by atoms with van der Waals surface area (Å²) in [5.74, 6) is 2.81. The number of nitrogens with two attached hydrogens (primary N) is 2. The van der Waals surface area contributed by atoms with Crippen molar-refractivity contribution in [1.82, 2.24) is 10.5 Å². The average Bonchev–Trinajstić information content (AvgIpc) is 2.58. The van der Waals surface area contributed by atoms with E-state index in [1.807, 2.05) is 0 Å². The average molecular weight is 244 g/mol. The maximum absolute atomic E-state index is 10.3. The molecule has 0 unspecified atom stereocenters. The summed E-state index contributed by atoms with van der Waals surface area (Å²) >= 11 is 0. The third-order valence-electron chi connectivity index (χ3n) is 1.57. The van der Waals surface area contributed by atoms with Crippen molar-refractivity contribution in [2.24, 2.45) is 11.6 Å². The molecule has 0 spiro atoms. The third kappa shape index (κ3) is 6.02. The maximum Gasteiger partial charge on any atom is 0.268 e. The summed E-state index contributed by atoms with van der Waals surface area (Å²) in [5, 5.41) is 8.45. The van der Waals surface area contributed by atoms with E-state index >= 15 is 0 Å². The highest BCUT2D eigenvalue weighted by Crippen LogP contribution is 1.94. The highest BCUT2D eigenvalue weighted by molar-refractivity contribution is 6.12. The molecule has 94 valence electrons. The lowest BCUT2D eigenvalue weighted by Crippen LogP contribution is -2.36. The third-order valence-corrected chi connectivity index (χ3v) is 1.57. The Hall–Kier alpha value is -2.26. The molecular formula is C8H12N4O5. The second kappa shape index (κ2) is 7.09. The van der Waals surface area contributed by atoms with Crippen molar-refractivity contribution in [2.75, 3.05) is 0 Å². The highest BCUT2D eigenvalue weighted by atomic mass is 16.5. The molecule has 1 rings (SSSR count). The minimum atomic E-state index is -0.603. The van der Waals surface area contributed by atoms with Crippen molar-refractivity contribution in [3.05, 3.63) is 12.2 Å². The topological polar surface area (TPSA) is 156 Å². The molecule has 1 heterocycles. The molecule has 1 aliphatic heterocycles. The molecule has 9 heteroatoms. The van der Waals surface area contributed by atoms with Crippen molar-refractivity contribution in [3.8, 4) is 0 Å². The van der Waals surface area contributed by atoms with Crippen LogP contribution in [0.1, 0.15) is 12.8 Å². The molecule has 0 aromatic heterocycles. The van der Waals surface area contributed by atoms with Gasteiger partial charge in [-0.1, -0.05) is 0 Å². The van der Waals surface area contributed by atoms with Gasteiger partial charge in [0.15, 0.2) is 0 Å². The van der Waals surface area contributed by atoms with Crippen LogP contribution in [0.25, 0.3) is 0 Å². The molecule has 0 aromatic carbocycles. The van der Waals surface area contributed by atoms with Gasteiger partial charge in [-0.2, -0.15) is 0 Å². The predicted octanol–water partition coefficient (Wildman–Crippen LogP) is -2.46. The highest BCUT2D eigenvalue weighted by Gasteiger charge is 2.18. The normalized spacial score (nSPS) is 13.2. The van der Waals surface area contributed by atoms with Crippen LogP contribution in [0.2, 0.25) is 0 Å². The van der Waals surface area contributed by atoms with Crippen LogP contribution >= 0.6 is 0 Å². The molecule has 9 nitrogen and oxygen atoms in total. The lowest BCUT2D eigenvalue weighted by Gasteiger charge is -2.01. The van der Waals surface area contributed by atoms with Gasteiger partial charge in [0.1, 0.15) is 0 Å². The van der Waals surface area contributed by atoms with Crippen LogP contribution in [0.15, 0.2) is 12.2 Å². The van der Waals surface area contributed by atoms with Crippen molar-refractivity contribution < 1.29 is 24.4 Å². The number of hydrogen-bond acceptors (Lipinski definition) is 6. The van der Waals surface area contributed by atoms with Gasteiger partial charge in [-0.3, -0.25) is 24.4 Å². The summed E-state index contributed by atoms with van der Waals surface area (Å²) in [5.41, 5.74) is 6.07. The molecule has 0 atom stereocenters. The fourth-order valence-electron chi connectivity index (χ4n) is 0.704. The first-order chi connectivity index (χ1) is 7.88. The SMILES string of the molecule is NC(=O)CCC(=O)NO.NN1C(=O)C=CC1=O. The number of amides is 4. The van der Waals surface area contributed by atoms with Crippen LogP contribution in [0, 0.1) is 0 Å². The Morgan fingerprint density at radius 2 is 1.71 bits per heavy atom. The molecule has 0 fully saturated rings. The second-order valence-corrected chi connectivity index (χ2v) is 2.88. The van der Waals surface area contributed by atoms with Crippen molar-refractivity contribution in [3.63, 3.8) is 0 Å². The smallest absolute Gasteiger partial charge is 0.268 e. The van der Waals surface area contributed by atoms with E-state index in [2.05, 4.69) is 0 Å². The second-order valence-electron chi connectivity index (χ2n) is 2.88. The molecule has 0 aliphatic carbocycles. The van der Waals surface area contributed by atoms with E-state index < -0.39 is 23.6 Å². The largest absolute Gasteiger partial charge is 0.370 e. The molecule has 0 saturated heterocycles. The van der Waals surface area contributed by atoms with Crippen LogP contribution in [0.3, 0.4) is 0 Å². The standard InChI is InChI=1S/C4H8N2O3.C4H4N2O2/c5-3(7)1-2-4(8)6-9;5-6-3(7)1-2-4(6)8/h9H,1-2H2,(H2,5,7)(H,6,8);1-2H,5H2. The molecule has 0 saturated carbocycles. The fraction of sp³-hybridized carbons (Fsp3) is 0.250. The quantitative estimate of drug-likeness (QED) is 0.142. The number of primary amides is 1. The monoisotopic (exact) mass is 244 g/mol. The number of hydrazine groups is 1. The van der Waals surface area contributed by atoms with E-state index in [9.17, 15) is 19.2 Å². The molecule has 1 aliphatic rings. The van der Waals surface area contributed by atoms with E-state index in [4.69, 9.17) is 16.8 Å². The summed E-state index contributed by atoms with van der Waals surface area (Å²) in [7, 11) is 0. The van der Waals surface area contributed by atoms with E-state index in [1.165, 1.54) is 5.48 Å². The Balaban J connectivity index is 0.000000302. The van der Waals surface area contributed by atoms with Gasteiger partial charge < -0.3 is 5.73 Å². The summed E-state index contributed by atoms with van der Waals surface area (Å²) < 4.78 is 0. The van der Waals surface area contributed by atoms with Crippen molar-refractivity contribution in [1.29, 1.82) is 0 Å². The van der Waals surface area contributed by atoms with Crippen LogP contribution < -0.4 is 17.1 Å². The van der Waals surface area contributed by atoms with Gasteiger partial charge >= 0.3 is 0 Å². The number of hydroxylamine groups is 1. The number of rotatable bonds is 3. The summed E-state index contributed by atoms with van der Waals surface area (Å²) in [6.45, 7) is 0. The Morgan fingerprint density at radius 3 is 1.94 bits per heavy atom. The summed E-state index contributed by atoms with van der Waals surface area (Å²) in [4.78, 5) is 40.7. The van der Waals surface area contributed by atoms with Crippen LogP contribution in [0.4, 0.5) is 0 Å². The van der Waals surface area contributed by atoms with E-state index in [0.29, 0.717) is 5.01 Å². The van der Waals surface area contributed by atoms with Crippen LogP contribution in [-0.4, -0.2) is 33.8 Å². The molecule has 4 amide bonds. The Kier molecular flexibility index (Phi) is 6.14. The van der Waals surface area contributed by atoms with E-state index in [0.717, 1.165) is 12.2 Å². The van der Waals surface area contributed by atoms with E-state index in [-0.39, 0.29) is 12.8 Å². The van der Waals surface area contributed by atoms with E-state index in [1.54, 1.807) is 0 Å². The number of hydrogen-bond donors (Lipinski definition) is 4. The molecule has 0 aromatic rings. The fourth-order valence-corrected chi connectivity index (χ4v) is 0.704. The maximum atomic E-state index is 10.3. The van der Waals surface area contributed by atoms with Gasteiger partial charge in [-0.05, 0) is 0 Å². The van der Waals surface area contributed by atoms with Gasteiger partial charge in [0.25, 0.3) is 11.8 Å². The van der Waals surface area contributed by atoms with Gasteiger partial charge in [0.05, 0.1) is 0 Å². The van der Waals surface area contributed by atoms with Gasteiger partial charge in [0, 0.05) is 25.0 Å². The number of carbonyl (C=O) groups excluding carboxylic acids is 4. The van der Waals surface area contributed by atoms with Crippen molar-refractivity contribution >= 4 is 23.6 Å². The number of imide groups is 1. The first kappa shape index (κ1) is 14.7. The van der Waals surface area contributed by atoms with Crippen molar-refractivity contribution in [2.45, 2.75) is 12.8 Å². The van der Waals surface area contributed by atoms with Crippen LogP contribution in [0.5, 0.6) is 0 Å². The molecule has 17 heavy (non-hydrogen) atoms. The first-order valence-electron chi connectivity index (χ1n) is 4.40. The lowest BCUT2D eigenvalue weighted by molar-refractivity contribution is -0.137. The number of nitrogens with zero attached hydrogens (tertiary/aromatic N) is 1. The Labute approximate surface area is 96.0 Å². The number of carbonyl (C=O) groups is 4. The molecule has 0 bridgehead atoms. The molecular weight excluding hydrogens is 232 g/mol. The minimum Gasteiger partial charge on any atom is -0.370 e. The summed E-state index contributed by atoms with van der Waals surface area (Å²) in [6, 6.07) is 0. The molecule has 0 radical (unpaired) electrons. The zero-order valence-corrected chi connectivity index (χ0v) is 8.75. The molecule has 6 N–H and O–H groups in total. The van der Waals surface area contributed by atoms with Crippen LogP contribution in [-0.2, 0) is 19.2 Å². The minimum absolute atomic E-state index is 0.0353. The lowest BCUT2D eigenvalue weighted by atomic mass is 10.3. The Bertz CT molecular complexity index is 347. The van der Waals surface area contributed by atoms with Gasteiger partial charge in [-0.15, -0.1) is 0 Å². The summed E-state index contributed by atoms with van der Waals surface area (Å²) in [6.07, 6.45) is 2.16. The predicted molar refractivity (Wildman–Crippen MR) is 53.5 cm³/mol. The zero-order valence-electron chi connectivity index (χ0n) is 8.75. The zero-order chi connectivity index (χ0) is 13.4. The number of nitrogens with one attached hydrogen (secondary N) is 1. The first-order valence-corrected chi connectivity index (χ1v) is 4.40. The van der Waals surface area contributed by atoms with Gasteiger partial charge in [0.2, 0.25) is 11.8 Å². The van der Waals surface area contributed by atoms with Gasteiger partial charge in [-0.25, -0.2) is 16.3 Å².